The van der Waals surface area contributed by atoms with Gasteiger partial charge >= 0.3 is 5.97 Å². The molecule has 106 valence electrons. The molecular weight excluding hydrogens is 274 g/mol. The molecule has 0 aromatic heterocycles. The molecule has 0 spiro atoms. The second-order valence-corrected chi connectivity index (χ2v) is 5.02. The van der Waals surface area contributed by atoms with Crippen molar-refractivity contribution in [1.29, 1.82) is 0 Å². The van der Waals surface area contributed by atoms with Crippen molar-refractivity contribution in [3.63, 3.8) is 0 Å². The molecule has 21 heavy (non-hydrogen) atoms. The summed E-state index contributed by atoms with van der Waals surface area (Å²) in [6.07, 6.45) is 0.253. The van der Waals surface area contributed by atoms with Gasteiger partial charge in [-0.2, -0.15) is 0 Å². The highest BCUT2D eigenvalue weighted by Gasteiger charge is 2.49. The van der Waals surface area contributed by atoms with E-state index in [1.807, 2.05) is 0 Å². The average molecular weight is 286 g/mol. The van der Waals surface area contributed by atoms with Crippen molar-refractivity contribution in [1.82, 2.24) is 0 Å². The van der Waals surface area contributed by atoms with Crippen molar-refractivity contribution in [3.05, 3.63) is 83.6 Å². The van der Waals surface area contributed by atoms with Gasteiger partial charge in [0.1, 0.15) is 22.8 Å². The Morgan fingerprint density at radius 3 is 1.67 bits per heavy atom. The number of allylic oxidation sites excluding steroid dienone is 1. The van der Waals surface area contributed by atoms with E-state index in [0.717, 1.165) is 0 Å². The van der Waals surface area contributed by atoms with Gasteiger partial charge in [-0.25, -0.2) is 8.78 Å². The monoisotopic (exact) mass is 286 g/mol. The van der Waals surface area contributed by atoms with Crippen LogP contribution in [0.25, 0.3) is 0 Å². The standard InChI is InChI=1S/C17H12F2O2/c1-11-10-17(16(20)21-11,12-2-6-14(18)7-3-12)13-4-8-15(19)9-5-13/h2-9H,1,10H2. The minimum Gasteiger partial charge on any atom is -0.431 e. The normalized spacial score (nSPS) is 16.9. The number of cyclic esters (lactones) is 1. The number of halogens is 2. The van der Waals surface area contributed by atoms with Gasteiger partial charge in [-0.3, -0.25) is 4.79 Å². The number of hydrogen-bond acceptors (Lipinski definition) is 2. The van der Waals surface area contributed by atoms with Crippen LogP contribution in [-0.4, -0.2) is 5.97 Å². The molecule has 0 radical (unpaired) electrons. The predicted octanol–water partition coefficient (Wildman–Crippen LogP) is 3.71. The molecule has 1 saturated heterocycles. The molecule has 2 aromatic carbocycles. The molecule has 0 saturated carbocycles. The van der Waals surface area contributed by atoms with Crippen LogP contribution in [0.5, 0.6) is 0 Å². The zero-order valence-corrected chi connectivity index (χ0v) is 11.1. The fourth-order valence-electron chi connectivity index (χ4n) is 2.70. The Morgan fingerprint density at radius 2 is 1.33 bits per heavy atom. The van der Waals surface area contributed by atoms with E-state index in [1.165, 1.54) is 24.3 Å². The quantitative estimate of drug-likeness (QED) is 0.787. The summed E-state index contributed by atoms with van der Waals surface area (Å²) < 4.78 is 31.4. The van der Waals surface area contributed by atoms with Gasteiger partial charge in [0, 0.05) is 6.42 Å². The van der Waals surface area contributed by atoms with Gasteiger partial charge in [0.05, 0.1) is 0 Å². The van der Waals surface area contributed by atoms with Gasteiger partial charge < -0.3 is 4.74 Å². The number of hydrogen-bond donors (Lipinski definition) is 0. The summed E-state index contributed by atoms with van der Waals surface area (Å²) in [5.41, 5.74) is 0.0942. The summed E-state index contributed by atoms with van der Waals surface area (Å²) in [6.45, 7) is 3.69. The van der Waals surface area contributed by atoms with E-state index in [2.05, 4.69) is 6.58 Å². The highest BCUT2D eigenvalue weighted by molar-refractivity contribution is 5.91. The summed E-state index contributed by atoms with van der Waals surface area (Å²) in [7, 11) is 0. The molecule has 3 rings (SSSR count). The summed E-state index contributed by atoms with van der Waals surface area (Å²) in [4.78, 5) is 12.4. The summed E-state index contributed by atoms with van der Waals surface area (Å²) >= 11 is 0. The molecule has 0 unspecified atom stereocenters. The van der Waals surface area contributed by atoms with Crippen molar-refractivity contribution in [2.24, 2.45) is 0 Å². The molecule has 0 atom stereocenters. The van der Waals surface area contributed by atoms with Crippen LogP contribution in [0.4, 0.5) is 8.78 Å². The van der Waals surface area contributed by atoms with E-state index < -0.39 is 23.0 Å². The first-order valence-corrected chi connectivity index (χ1v) is 6.44. The molecule has 4 heteroatoms. The SMILES string of the molecule is C=C1CC(c2ccc(F)cc2)(c2ccc(F)cc2)C(=O)O1. The van der Waals surface area contributed by atoms with Crippen LogP contribution in [0.15, 0.2) is 60.9 Å². The third-order valence-corrected chi connectivity index (χ3v) is 3.72. The molecule has 2 nitrogen and oxygen atoms in total. The van der Waals surface area contributed by atoms with Crippen LogP contribution < -0.4 is 0 Å². The van der Waals surface area contributed by atoms with E-state index in [1.54, 1.807) is 24.3 Å². The first-order chi connectivity index (χ1) is 10.0. The molecule has 1 fully saturated rings. The number of rotatable bonds is 2. The van der Waals surface area contributed by atoms with Crippen LogP contribution in [0.2, 0.25) is 0 Å². The molecule has 0 bridgehead atoms. The average Bonchev–Trinajstić information content (AvgIpc) is 2.76. The molecule has 1 heterocycles. The first-order valence-electron chi connectivity index (χ1n) is 6.44. The minimum absolute atomic E-state index is 0.253. The molecule has 0 N–H and O–H groups in total. The molecule has 1 aliphatic rings. The second-order valence-electron chi connectivity index (χ2n) is 5.02. The Balaban J connectivity index is 2.20. The Bertz CT molecular complexity index is 657. The van der Waals surface area contributed by atoms with Gasteiger partial charge in [-0.05, 0) is 35.4 Å². The van der Waals surface area contributed by atoms with E-state index in [4.69, 9.17) is 4.74 Å². The van der Waals surface area contributed by atoms with Crippen molar-refractivity contribution in [2.45, 2.75) is 11.8 Å². The van der Waals surface area contributed by atoms with Crippen molar-refractivity contribution in [2.75, 3.05) is 0 Å². The number of carbonyl (C=O) groups is 1. The van der Waals surface area contributed by atoms with E-state index in [9.17, 15) is 13.6 Å². The fraction of sp³-hybridized carbons (Fsp3) is 0.118. The van der Waals surface area contributed by atoms with Gasteiger partial charge in [0.2, 0.25) is 0 Å². The lowest BCUT2D eigenvalue weighted by Crippen LogP contribution is -2.32. The fourth-order valence-corrected chi connectivity index (χ4v) is 2.70. The molecule has 1 aliphatic heterocycles. The summed E-state index contributed by atoms with van der Waals surface area (Å²) in [6, 6.07) is 11.3. The largest absolute Gasteiger partial charge is 0.431 e. The highest BCUT2D eigenvalue weighted by Crippen LogP contribution is 2.44. The topological polar surface area (TPSA) is 26.3 Å². The van der Waals surface area contributed by atoms with Crippen molar-refractivity contribution in [3.8, 4) is 0 Å². The number of carbonyl (C=O) groups excluding carboxylic acids is 1. The number of benzene rings is 2. The Kier molecular flexibility index (Phi) is 3.09. The second kappa shape index (κ2) is 4.81. The maximum absolute atomic E-state index is 13.1. The van der Waals surface area contributed by atoms with E-state index >= 15 is 0 Å². The van der Waals surface area contributed by atoms with Crippen LogP contribution in [-0.2, 0) is 14.9 Å². The highest BCUT2D eigenvalue weighted by atomic mass is 19.1. The zero-order chi connectivity index (χ0) is 15.0. The van der Waals surface area contributed by atoms with Gasteiger partial charge in [-0.1, -0.05) is 30.8 Å². The Morgan fingerprint density at radius 1 is 0.905 bits per heavy atom. The third-order valence-electron chi connectivity index (χ3n) is 3.72. The van der Waals surface area contributed by atoms with Crippen LogP contribution >= 0.6 is 0 Å². The van der Waals surface area contributed by atoms with E-state index in [0.29, 0.717) is 16.9 Å². The third kappa shape index (κ3) is 2.13. The molecule has 0 amide bonds. The lowest BCUT2D eigenvalue weighted by atomic mass is 9.73. The Labute approximate surface area is 120 Å². The number of ether oxygens (including phenoxy) is 1. The lowest BCUT2D eigenvalue weighted by molar-refractivity contribution is -0.139. The lowest BCUT2D eigenvalue weighted by Gasteiger charge is -2.25. The van der Waals surface area contributed by atoms with Crippen molar-refractivity contribution >= 4 is 5.97 Å². The number of esters is 1. The van der Waals surface area contributed by atoms with Gasteiger partial charge in [-0.15, -0.1) is 0 Å². The summed E-state index contributed by atoms with van der Waals surface area (Å²) in [5.74, 6) is -0.921. The maximum Gasteiger partial charge on any atom is 0.326 e. The first kappa shape index (κ1) is 13.5. The summed E-state index contributed by atoms with van der Waals surface area (Å²) in [5, 5.41) is 0. The van der Waals surface area contributed by atoms with Gasteiger partial charge in [0.15, 0.2) is 0 Å². The van der Waals surface area contributed by atoms with Crippen LogP contribution in [0.1, 0.15) is 17.5 Å². The van der Waals surface area contributed by atoms with Crippen molar-refractivity contribution < 1.29 is 18.3 Å². The van der Waals surface area contributed by atoms with E-state index in [-0.39, 0.29) is 6.42 Å². The molecule has 2 aromatic rings. The van der Waals surface area contributed by atoms with Crippen LogP contribution in [0, 0.1) is 11.6 Å². The molecule has 0 aliphatic carbocycles. The Hall–Kier alpha value is -2.49. The minimum atomic E-state index is -1.10. The molecular formula is C17H12F2O2. The zero-order valence-electron chi connectivity index (χ0n) is 11.1. The van der Waals surface area contributed by atoms with Gasteiger partial charge in [0.25, 0.3) is 0 Å². The predicted molar refractivity (Wildman–Crippen MR) is 73.4 cm³/mol. The smallest absolute Gasteiger partial charge is 0.326 e. The van der Waals surface area contributed by atoms with Crippen LogP contribution in [0.3, 0.4) is 0 Å². The maximum atomic E-state index is 13.1.